The van der Waals surface area contributed by atoms with Crippen LogP contribution in [0.4, 0.5) is 5.69 Å². The molecule has 0 saturated heterocycles. The van der Waals surface area contributed by atoms with Gasteiger partial charge >= 0.3 is 0 Å². The summed E-state index contributed by atoms with van der Waals surface area (Å²) >= 11 is 0. The van der Waals surface area contributed by atoms with E-state index >= 15 is 0 Å². The lowest BCUT2D eigenvalue weighted by molar-refractivity contribution is 0.102. The van der Waals surface area contributed by atoms with Crippen LogP contribution in [-0.2, 0) is 0 Å². The van der Waals surface area contributed by atoms with Gasteiger partial charge in [-0.3, -0.25) is 4.79 Å². The molecule has 1 N–H and O–H groups in total. The molecule has 0 radical (unpaired) electrons. The molecule has 0 unspecified atom stereocenters. The van der Waals surface area contributed by atoms with E-state index in [4.69, 9.17) is 9.26 Å². The molecule has 1 heterocycles. The van der Waals surface area contributed by atoms with Gasteiger partial charge in [0.2, 0.25) is 5.82 Å². The van der Waals surface area contributed by atoms with Crippen LogP contribution in [0.3, 0.4) is 0 Å². The third-order valence-electron chi connectivity index (χ3n) is 5.19. The molecule has 4 aromatic carbocycles. The largest absolute Gasteiger partial charge is 0.497 e. The summed E-state index contributed by atoms with van der Waals surface area (Å²) in [5.74, 6) is 1.32. The minimum absolute atomic E-state index is 0.210. The Kier molecular flexibility index (Phi) is 5.09. The van der Waals surface area contributed by atoms with E-state index in [0.29, 0.717) is 28.5 Å². The van der Waals surface area contributed by atoms with Gasteiger partial charge in [0, 0.05) is 11.1 Å². The van der Waals surface area contributed by atoms with Crippen molar-refractivity contribution >= 4 is 22.4 Å². The number of rotatable bonds is 5. The zero-order chi connectivity index (χ0) is 21.9. The van der Waals surface area contributed by atoms with Crippen LogP contribution in [0.2, 0.25) is 0 Å². The summed E-state index contributed by atoms with van der Waals surface area (Å²) in [5, 5.41) is 9.16. The number of aromatic nitrogens is 2. The third kappa shape index (κ3) is 3.81. The average Bonchev–Trinajstić information content (AvgIpc) is 3.34. The van der Waals surface area contributed by atoms with Gasteiger partial charge < -0.3 is 14.6 Å². The maximum atomic E-state index is 12.9. The van der Waals surface area contributed by atoms with Gasteiger partial charge in [0.05, 0.1) is 18.4 Å². The van der Waals surface area contributed by atoms with E-state index in [-0.39, 0.29) is 5.91 Å². The summed E-state index contributed by atoms with van der Waals surface area (Å²) in [6.07, 6.45) is 0. The molecule has 0 aliphatic carbocycles. The summed E-state index contributed by atoms with van der Waals surface area (Å²) < 4.78 is 10.7. The van der Waals surface area contributed by atoms with Crippen LogP contribution in [0, 0.1) is 0 Å². The normalized spacial score (nSPS) is 10.8. The Labute approximate surface area is 184 Å². The molecule has 156 valence electrons. The van der Waals surface area contributed by atoms with Gasteiger partial charge in [-0.25, -0.2) is 0 Å². The molecule has 5 aromatic rings. The summed E-state index contributed by atoms with van der Waals surface area (Å²) in [6, 6.07) is 28.3. The smallest absolute Gasteiger partial charge is 0.260 e. The first-order valence-corrected chi connectivity index (χ1v) is 10.1. The van der Waals surface area contributed by atoms with Crippen LogP contribution >= 0.6 is 0 Å². The number of nitrogens with one attached hydrogen (secondary N) is 1. The fraction of sp³-hybridized carbons (Fsp3) is 0.0385. The van der Waals surface area contributed by atoms with E-state index in [2.05, 4.69) is 15.5 Å². The number of carbonyl (C=O) groups excluding carboxylic acids is 1. The first kappa shape index (κ1) is 19.5. The van der Waals surface area contributed by atoms with Crippen molar-refractivity contribution in [3.63, 3.8) is 0 Å². The first-order valence-electron chi connectivity index (χ1n) is 10.1. The Morgan fingerprint density at radius 2 is 1.62 bits per heavy atom. The predicted octanol–water partition coefficient (Wildman–Crippen LogP) is 5.82. The lowest BCUT2D eigenvalue weighted by Gasteiger charge is -2.09. The number of hydrogen-bond donors (Lipinski definition) is 1. The highest BCUT2D eigenvalue weighted by molar-refractivity contribution is 6.07. The summed E-state index contributed by atoms with van der Waals surface area (Å²) in [6.45, 7) is 0. The molecule has 6 heteroatoms. The maximum absolute atomic E-state index is 12.9. The zero-order valence-electron chi connectivity index (χ0n) is 17.3. The number of methoxy groups -OCH3 is 1. The Morgan fingerprint density at radius 3 is 2.44 bits per heavy atom. The Morgan fingerprint density at radius 1 is 0.875 bits per heavy atom. The zero-order valence-corrected chi connectivity index (χ0v) is 17.3. The summed E-state index contributed by atoms with van der Waals surface area (Å²) in [5.41, 5.74) is 2.62. The van der Waals surface area contributed by atoms with Crippen molar-refractivity contribution in [2.45, 2.75) is 0 Å². The van der Waals surface area contributed by atoms with Crippen molar-refractivity contribution in [3.05, 3.63) is 96.6 Å². The van der Waals surface area contributed by atoms with Gasteiger partial charge in [0.25, 0.3) is 11.8 Å². The second kappa shape index (κ2) is 8.35. The number of para-hydroxylation sites is 1. The Balaban J connectivity index is 1.42. The van der Waals surface area contributed by atoms with Gasteiger partial charge in [-0.2, -0.15) is 4.98 Å². The highest BCUT2D eigenvalue weighted by Crippen LogP contribution is 2.29. The number of hydrogen-bond acceptors (Lipinski definition) is 5. The van der Waals surface area contributed by atoms with Crippen molar-refractivity contribution in [3.8, 4) is 28.6 Å². The highest BCUT2D eigenvalue weighted by Gasteiger charge is 2.16. The topological polar surface area (TPSA) is 77.3 Å². The van der Waals surface area contributed by atoms with Crippen molar-refractivity contribution in [2.75, 3.05) is 12.4 Å². The van der Waals surface area contributed by atoms with Crippen molar-refractivity contribution in [2.24, 2.45) is 0 Å². The highest BCUT2D eigenvalue weighted by atomic mass is 16.5. The molecule has 1 aromatic heterocycles. The van der Waals surface area contributed by atoms with E-state index in [1.807, 2.05) is 91.0 Å². The SMILES string of the molecule is COc1ccc(-c2noc(-c3ccccc3NC(=O)c3ccc4ccccc4c3)n2)cc1. The average molecular weight is 421 g/mol. The standard InChI is InChI=1S/C26H19N3O3/c1-31-21-14-12-18(13-15-21)24-28-26(32-29-24)22-8-4-5-9-23(22)27-25(30)20-11-10-17-6-2-3-7-19(17)16-20/h2-16H,1H3,(H,27,30). The lowest BCUT2D eigenvalue weighted by Crippen LogP contribution is -2.12. The minimum Gasteiger partial charge on any atom is -0.497 e. The van der Waals surface area contributed by atoms with Gasteiger partial charge in [-0.15, -0.1) is 0 Å². The van der Waals surface area contributed by atoms with Crippen LogP contribution in [0.25, 0.3) is 33.6 Å². The number of benzene rings is 4. The van der Waals surface area contributed by atoms with Gasteiger partial charge in [-0.1, -0.05) is 47.6 Å². The molecule has 0 fully saturated rings. The molecule has 0 aliphatic heterocycles. The molecule has 6 nitrogen and oxygen atoms in total. The van der Waals surface area contributed by atoms with Gasteiger partial charge in [0.15, 0.2) is 0 Å². The second-order valence-electron chi connectivity index (χ2n) is 7.21. The van der Waals surface area contributed by atoms with Crippen LogP contribution in [0.15, 0.2) is 95.5 Å². The Bertz CT molecular complexity index is 1410. The van der Waals surface area contributed by atoms with E-state index in [9.17, 15) is 4.79 Å². The molecule has 0 spiro atoms. The number of nitrogens with zero attached hydrogens (tertiary/aromatic N) is 2. The molecular weight excluding hydrogens is 402 g/mol. The number of fused-ring (bicyclic) bond motifs is 1. The predicted molar refractivity (Wildman–Crippen MR) is 124 cm³/mol. The molecule has 32 heavy (non-hydrogen) atoms. The quantitative estimate of drug-likeness (QED) is 0.387. The minimum atomic E-state index is -0.210. The number of anilines is 1. The molecular formula is C26H19N3O3. The Hall–Kier alpha value is -4.45. The van der Waals surface area contributed by atoms with Crippen molar-refractivity contribution in [1.82, 2.24) is 10.1 Å². The van der Waals surface area contributed by atoms with E-state index < -0.39 is 0 Å². The van der Waals surface area contributed by atoms with Crippen molar-refractivity contribution < 1.29 is 14.1 Å². The second-order valence-corrected chi connectivity index (χ2v) is 7.21. The number of amides is 1. The monoisotopic (exact) mass is 421 g/mol. The van der Waals surface area contributed by atoms with E-state index in [0.717, 1.165) is 22.1 Å². The van der Waals surface area contributed by atoms with Gasteiger partial charge in [-0.05, 0) is 59.3 Å². The molecule has 5 rings (SSSR count). The van der Waals surface area contributed by atoms with E-state index in [1.54, 1.807) is 7.11 Å². The van der Waals surface area contributed by atoms with Gasteiger partial charge in [0.1, 0.15) is 5.75 Å². The van der Waals surface area contributed by atoms with Crippen molar-refractivity contribution in [1.29, 1.82) is 0 Å². The molecule has 1 amide bonds. The van der Waals surface area contributed by atoms with E-state index in [1.165, 1.54) is 0 Å². The molecule has 0 aliphatic rings. The summed E-state index contributed by atoms with van der Waals surface area (Å²) in [7, 11) is 1.62. The third-order valence-corrected chi connectivity index (χ3v) is 5.19. The van der Waals surface area contributed by atoms with Crippen LogP contribution in [0.5, 0.6) is 5.75 Å². The molecule has 0 atom stereocenters. The molecule has 0 saturated carbocycles. The van der Waals surface area contributed by atoms with Crippen LogP contribution in [-0.4, -0.2) is 23.2 Å². The fourth-order valence-corrected chi connectivity index (χ4v) is 3.49. The lowest BCUT2D eigenvalue weighted by atomic mass is 10.1. The first-order chi connectivity index (χ1) is 15.7. The van der Waals surface area contributed by atoms with Crippen LogP contribution < -0.4 is 10.1 Å². The number of carbonyl (C=O) groups is 1. The number of ether oxygens (including phenoxy) is 1. The maximum Gasteiger partial charge on any atom is 0.260 e. The fourth-order valence-electron chi connectivity index (χ4n) is 3.49. The molecule has 0 bridgehead atoms. The summed E-state index contributed by atoms with van der Waals surface area (Å²) in [4.78, 5) is 17.5. The van der Waals surface area contributed by atoms with Crippen LogP contribution in [0.1, 0.15) is 10.4 Å².